The molecule has 1 nitrogen and oxygen atoms in total. The van der Waals surface area contributed by atoms with E-state index in [0.29, 0.717) is 27.5 Å². The molecule has 1 unspecified atom stereocenters. The summed E-state index contributed by atoms with van der Waals surface area (Å²) in [7, 11) is 0. The lowest BCUT2D eigenvalue weighted by Crippen LogP contribution is -2.11. The van der Waals surface area contributed by atoms with E-state index in [1.54, 1.807) is 23.9 Å². The van der Waals surface area contributed by atoms with Crippen LogP contribution in [-0.2, 0) is 0 Å². The van der Waals surface area contributed by atoms with E-state index in [-0.39, 0.29) is 5.78 Å². The molecule has 0 saturated heterocycles. The number of hydrogen-bond acceptors (Lipinski definition) is 2. The molecule has 3 heteroatoms. The minimum atomic E-state index is 0.153. The zero-order valence-corrected chi connectivity index (χ0v) is 11.4. The molecule has 0 N–H and O–H groups in total. The lowest BCUT2D eigenvalue weighted by molar-refractivity contribution is 0.102. The average molecular weight is 257 g/mol. The standard InChI is InChI=1S/C13H17ClOS/c1-9(2)10(3)16-8-13(15)11-5-4-6-12(14)7-11/h4-7,9-10H,8H2,1-3H3. The van der Waals surface area contributed by atoms with Gasteiger partial charge in [0.05, 0.1) is 5.75 Å². The Morgan fingerprint density at radius 2 is 2.06 bits per heavy atom. The fourth-order valence-corrected chi connectivity index (χ4v) is 2.30. The van der Waals surface area contributed by atoms with E-state index in [2.05, 4.69) is 20.8 Å². The first-order valence-corrected chi connectivity index (χ1v) is 6.83. The summed E-state index contributed by atoms with van der Waals surface area (Å²) >= 11 is 7.54. The van der Waals surface area contributed by atoms with E-state index in [1.165, 1.54) is 0 Å². The summed E-state index contributed by atoms with van der Waals surface area (Å²) in [6, 6.07) is 7.13. The van der Waals surface area contributed by atoms with E-state index < -0.39 is 0 Å². The molecule has 88 valence electrons. The highest BCUT2D eigenvalue weighted by Crippen LogP contribution is 2.20. The Bertz CT molecular complexity index is 363. The van der Waals surface area contributed by atoms with Crippen LogP contribution < -0.4 is 0 Å². The Balaban J connectivity index is 2.53. The SMILES string of the molecule is CC(C)C(C)SCC(=O)c1cccc(Cl)c1. The average Bonchev–Trinajstić information content (AvgIpc) is 2.25. The maximum Gasteiger partial charge on any atom is 0.172 e. The van der Waals surface area contributed by atoms with Crippen molar-refractivity contribution in [3.05, 3.63) is 34.9 Å². The van der Waals surface area contributed by atoms with Crippen molar-refractivity contribution in [2.45, 2.75) is 26.0 Å². The van der Waals surface area contributed by atoms with Gasteiger partial charge in [0.25, 0.3) is 0 Å². The summed E-state index contributed by atoms with van der Waals surface area (Å²) in [5.41, 5.74) is 0.705. The summed E-state index contributed by atoms with van der Waals surface area (Å²) in [6.07, 6.45) is 0. The predicted molar refractivity (Wildman–Crippen MR) is 72.5 cm³/mol. The molecule has 1 atom stereocenters. The normalized spacial score (nSPS) is 12.8. The van der Waals surface area contributed by atoms with Crippen molar-refractivity contribution in [2.75, 3.05) is 5.75 Å². The molecule has 0 saturated carbocycles. The molecule has 1 rings (SSSR count). The molecule has 0 bridgehead atoms. The third-order valence-electron chi connectivity index (χ3n) is 2.56. The molecule has 0 aromatic heterocycles. The van der Waals surface area contributed by atoms with Crippen LogP contribution in [0.5, 0.6) is 0 Å². The predicted octanol–water partition coefficient (Wildman–Crippen LogP) is 4.30. The first kappa shape index (κ1) is 13.6. The van der Waals surface area contributed by atoms with Crippen molar-refractivity contribution in [3.8, 4) is 0 Å². The van der Waals surface area contributed by atoms with Gasteiger partial charge in [0.2, 0.25) is 0 Å². The fraction of sp³-hybridized carbons (Fsp3) is 0.462. The Kier molecular flexibility index (Phi) is 5.36. The van der Waals surface area contributed by atoms with Crippen LogP contribution in [0.15, 0.2) is 24.3 Å². The van der Waals surface area contributed by atoms with Gasteiger partial charge in [0.1, 0.15) is 0 Å². The lowest BCUT2D eigenvalue weighted by atomic mass is 10.1. The molecular weight excluding hydrogens is 240 g/mol. The molecule has 0 radical (unpaired) electrons. The monoisotopic (exact) mass is 256 g/mol. The number of carbonyl (C=O) groups excluding carboxylic acids is 1. The van der Waals surface area contributed by atoms with E-state index >= 15 is 0 Å². The van der Waals surface area contributed by atoms with Gasteiger partial charge in [-0.1, -0.05) is 44.5 Å². The number of rotatable bonds is 5. The van der Waals surface area contributed by atoms with Crippen LogP contribution in [0.1, 0.15) is 31.1 Å². The Hall–Kier alpha value is -0.470. The zero-order valence-electron chi connectivity index (χ0n) is 9.87. The van der Waals surface area contributed by atoms with Gasteiger partial charge < -0.3 is 0 Å². The first-order chi connectivity index (χ1) is 7.50. The van der Waals surface area contributed by atoms with Gasteiger partial charge in [-0.3, -0.25) is 4.79 Å². The Morgan fingerprint density at radius 3 is 2.62 bits per heavy atom. The van der Waals surface area contributed by atoms with E-state index in [9.17, 15) is 4.79 Å². The highest BCUT2D eigenvalue weighted by atomic mass is 35.5. The van der Waals surface area contributed by atoms with Gasteiger partial charge in [0.15, 0.2) is 5.78 Å². The molecule has 0 aliphatic rings. The largest absolute Gasteiger partial charge is 0.293 e. The van der Waals surface area contributed by atoms with Crippen molar-refractivity contribution in [2.24, 2.45) is 5.92 Å². The number of thioether (sulfide) groups is 1. The van der Waals surface area contributed by atoms with Gasteiger partial charge in [-0.2, -0.15) is 11.8 Å². The smallest absolute Gasteiger partial charge is 0.172 e. The van der Waals surface area contributed by atoms with Crippen LogP contribution in [0.4, 0.5) is 0 Å². The second-order valence-corrected chi connectivity index (χ2v) is 6.00. The van der Waals surface area contributed by atoms with Gasteiger partial charge >= 0.3 is 0 Å². The summed E-state index contributed by atoms with van der Waals surface area (Å²) in [6.45, 7) is 6.49. The number of benzene rings is 1. The minimum Gasteiger partial charge on any atom is -0.293 e. The van der Waals surface area contributed by atoms with Crippen molar-refractivity contribution in [1.82, 2.24) is 0 Å². The molecular formula is C13H17ClOS. The third-order valence-corrected chi connectivity index (χ3v) is 4.30. The third kappa shape index (κ3) is 4.18. The molecule has 0 aliphatic heterocycles. The molecule has 0 fully saturated rings. The highest BCUT2D eigenvalue weighted by molar-refractivity contribution is 8.00. The van der Waals surface area contributed by atoms with E-state index in [1.807, 2.05) is 12.1 Å². The van der Waals surface area contributed by atoms with Crippen molar-refractivity contribution < 1.29 is 4.79 Å². The summed E-state index contributed by atoms with van der Waals surface area (Å²) in [5.74, 6) is 1.27. The molecule has 0 heterocycles. The molecule has 16 heavy (non-hydrogen) atoms. The zero-order chi connectivity index (χ0) is 12.1. The van der Waals surface area contributed by atoms with Crippen molar-refractivity contribution in [3.63, 3.8) is 0 Å². The van der Waals surface area contributed by atoms with Gasteiger partial charge in [0, 0.05) is 15.8 Å². The molecule has 1 aromatic carbocycles. The molecule has 0 aliphatic carbocycles. The summed E-state index contributed by atoms with van der Waals surface area (Å²) < 4.78 is 0. The second kappa shape index (κ2) is 6.31. The highest BCUT2D eigenvalue weighted by Gasteiger charge is 2.11. The molecule has 1 aromatic rings. The number of halogens is 1. The van der Waals surface area contributed by atoms with Crippen LogP contribution in [0.3, 0.4) is 0 Å². The number of hydrogen-bond donors (Lipinski definition) is 0. The van der Waals surface area contributed by atoms with Crippen LogP contribution in [-0.4, -0.2) is 16.8 Å². The van der Waals surface area contributed by atoms with Crippen molar-refractivity contribution in [1.29, 1.82) is 0 Å². The maximum absolute atomic E-state index is 11.8. The molecule has 0 amide bonds. The first-order valence-electron chi connectivity index (χ1n) is 5.41. The van der Waals surface area contributed by atoms with Crippen LogP contribution >= 0.6 is 23.4 Å². The summed E-state index contributed by atoms with van der Waals surface area (Å²) in [5, 5.41) is 1.12. The van der Waals surface area contributed by atoms with Crippen LogP contribution in [0.25, 0.3) is 0 Å². The maximum atomic E-state index is 11.8. The quantitative estimate of drug-likeness (QED) is 0.731. The Morgan fingerprint density at radius 1 is 1.38 bits per heavy atom. The second-order valence-electron chi connectivity index (χ2n) is 4.19. The van der Waals surface area contributed by atoms with Gasteiger partial charge in [-0.15, -0.1) is 0 Å². The minimum absolute atomic E-state index is 0.153. The number of ketones is 1. The van der Waals surface area contributed by atoms with Crippen LogP contribution in [0, 0.1) is 5.92 Å². The van der Waals surface area contributed by atoms with E-state index in [4.69, 9.17) is 11.6 Å². The van der Waals surface area contributed by atoms with Crippen LogP contribution in [0.2, 0.25) is 5.02 Å². The number of carbonyl (C=O) groups is 1. The number of Topliss-reactive ketones (excluding diaryl/α,β-unsaturated/α-hetero) is 1. The van der Waals surface area contributed by atoms with Gasteiger partial charge in [-0.25, -0.2) is 0 Å². The topological polar surface area (TPSA) is 17.1 Å². The fourth-order valence-electron chi connectivity index (χ4n) is 1.14. The Labute approximate surface area is 107 Å². The molecule has 0 spiro atoms. The van der Waals surface area contributed by atoms with Crippen molar-refractivity contribution >= 4 is 29.1 Å². The summed E-state index contributed by atoms with van der Waals surface area (Å²) in [4.78, 5) is 11.8. The lowest BCUT2D eigenvalue weighted by Gasteiger charge is -2.14. The van der Waals surface area contributed by atoms with E-state index in [0.717, 1.165) is 0 Å². The van der Waals surface area contributed by atoms with Gasteiger partial charge in [-0.05, 0) is 18.1 Å².